The smallest absolute Gasteiger partial charge is 0.223 e. The average Bonchev–Trinajstić information content (AvgIpc) is 2.83. The maximum absolute atomic E-state index is 11.6. The molecule has 19 heavy (non-hydrogen) atoms. The largest absolute Gasteiger partial charge is 0.508 e. The number of phenols is 1. The number of carbonyl (C=O) groups excluding carboxylic acids is 1. The summed E-state index contributed by atoms with van der Waals surface area (Å²) in [6.45, 7) is 2.66. The second kappa shape index (κ2) is 5.61. The molecule has 0 aliphatic heterocycles. The fourth-order valence-electron chi connectivity index (χ4n) is 2.96. The Bertz CT molecular complexity index is 473. The van der Waals surface area contributed by atoms with Crippen LogP contribution in [-0.2, 0) is 11.2 Å². The van der Waals surface area contributed by atoms with Crippen molar-refractivity contribution >= 4 is 5.91 Å². The highest BCUT2D eigenvalue weighted by Crippen LogP contribution is 2.39. The van der Waals surface area contributed by atoms with Gasteiger partial charge in [0.25, 0.3) is 0 Å². The number of nitrogens with one attached hydrogen (secondary N) is 1. The number of amides is 1. The summed E-state index contributed by atoms with van der Waals surface area (Å²) < 4.78 is 0. The van der Waals surface area contributed by atoms with Gasteiger partial charge in [-0.25, -0.2) is 0 Å². The Morgan fingerprint density at radius 2 is 2.32 bits per heavy atom. The molecule has 1 aromatic carbocycles. The van der Waals surface area contributed by atoms with Crippen LogP contribution in [0.2, 0.25) is 0 Å². The number of benzene rings is 1. The summed E-state index contributed by atoms with van der Waals surface area (Å²) in [6.07, 6.45) is 1.91. The molecule has 0 bridgehead atoms. The number of aromatic hydroxyl groups is 1. The van der Waals surface area contributed by atoms with Crippen molar-refractivity contribution in [1.82, 2.24) is 10.2 Å². The monoisotopic (exact) mass is 262 g/mol. The average molecular weight is 262 g/mol. The molecule has 2 rings (SSSR count). The maximum Gasteiger partial charge on any atom is 0.223 e. The third kappa shape index (κ3) is 2.73. The first kappa shape index (κ1) is 13.9. The Kier molecular flexibility index (Phi) is 4.10. The quantitative estimate of drug-likeness (QED) is 0.868. The second-order valence-corrected chi connectivity index (χ2v) is 5.35. The van der Waals surface area contributed by atoms with Crippen LogP contribution in [0.15, 0.2) is 18.2 Å². The molecular weight excluding hydrogens is 240 g/mol. The molecule has 0 fully saturated rings. The van der Waals surface area contributed by atoms with Crippen molar-refractivity contribution in [2.24, 2.45) is 5.92 Å². The maximum atomic E-state index is 11.6. The molecule has 0 spiro atoms. The van der Waals surface area contributed by atoms with E-state index >= 15 is 0 Å². The Hall–Kier alpha value is -1.55. The van der Waals surface area contributed by atoms with Crippen LogP contribution in [0.25, 0.3) is 0 Å². The molecule has 1 aliphatic rings. The van der Waals surface area contributed by atoms with Gasteiger partial charge in [-0.3, -0.25) is 9.69 Å². The van der Waals surface area contributed by atoms with Crippen LogP contribution in [0, 0.1) is 5.92 Å². The first-order valence-electron chi connectivity index (χ1n) is 6.77. The summed E-state index contributed by atoms with van der Waals surface area (Å²) in [5, 5.41) is 12.5. The van der Waals surface area contributed by atoms with Crippen LogP contribution in [-0.4, -0.2) is 36.6 Å². The minimum atomic E-state index is -0.0311. The molecule has 1 aliphatic carbocycles. The highest BCUT2D eigenvalue weighted by Gasteiger charge is 2.29. The zero-order valence-corrected chi connectivity index (χ0v) is 11.8. The van der Waals surface area contributed by atoms with Crippen molar-refractivity contribution in [3.8, 4) is 5.75 Å². The minimum absolute atomic E-state index is 0.0311. The summed E-state index contributed by atoms with van der Waals surface area (Å²) >= 11 is 0. The Morgan fingerprint density at radius 1 is 1.58 bits per heavy atom. The number of hydrogen-bond donors (Lipinski definition) is 2. The van der Waals surface area contributed by atoms with Gasteiger partial charge in [-0.2, -0.15) is 0 Å². The lowest BCUT2D eigenvalue weighted by molar-refractivity contribution is -0.124. The summed E-state index contributed by atoms with van der Waals surface area (Å²) in [4.78, 5) is 13.8. The molecule has 4 nitrogen and oxygen atoms in total. The fourth-order valence-corrected chi connectivity index (χ4v) is 2.96. The van der Waals surface area contributed by atoms with Gasteiger partial charge in [-0.15, -0.1) is 0 Å². The lowest BCUT2D eigenvalue weighted by Gasteiger charge is -2.27. The van der Waals surface area contributed by atoms with Crippen molar-refractivity contribution in [3.05, 3.63) is 29.3 Å². The van der Waals surface area contributed by atoms with E-state index in [0.717, 1.165) is 24.9 Å². The van der Waals surface area contributed by atoms with Crippen LogP contribution < -0.4 is 5.32 Å². The normalized spacial score (nSPS) is 19.3. The van der Waals surface area contributed by atoms with E-state index in [1.165, 1.54) is 5.56 Å². The van der Waals surface area contributed by atoms with E-state index in [1.807, 2.05) is 20.0 Å². The van der Waals surface area contributed by atoms with Gasteiger partial charge in [0, 0.05) is 25.6 Å². The van der Waals surface area contributed by atoms with E-state index in [9.17, 15) is 9.90 Å². The van der Waals surface area contributed by atoms with Crippen LogP contribution in [0.1, 0.15) is 30.5 Å². The van der Waals surface area contributed by atoms with Gasteiger partial charge in [0.2, 0.25) is 5.91 Å². The summed E-state index contributed by atoms with van der Waals surface area (Å²) in [6, 6.07) is 6.01. The standard InChI is InChI=1S/C15H22N2O2/c1-10(15(19)16-2)9-17(3)13-8-7-12-11(13)5-4-6-14(12)18/h4-6,10,13,18H,7-9H2,1-3H3,(H,16,19). The zero-order valence-electron chi connectivity index (χ0n) is 11.8. The molecule has 2 unspecified atom stereocenters. The number of rotatable bonds is 4. The van der Waals surface area contributed by atoms with Crippen LogP contribution >= 0.6 is 0 Å². The molecule has 0 saturated heterocycles. The number of phenolic OH excluding ortho intramolecular Hbond substituents is 1. The molecule has 2 N–H and O–H groups in total. The molecule has 0 radical (unpaired) electrons. The lowest BCUT2D eigenvalue weighted by Crippen LogP contribution is -2.35. The molecule has 0 saturated carbocycles. The molecule has 0 aromatic heterocycles. The van der Waals surface area contributed by atoms with Crippen molar-refractivity contribution < 1.29 is 9.90 Å². The lowest BCUT2D eigenvalue weighted by atomic mass is 10.0. The predicted molar refractivity (Wildman–Crippen MR) is 75.0 cm³/mol. The van der Waals surface area contributed by atoms with E-state index in [-0.39, 0.29) is 11.8 Å². The van der Waals surface area contributed by atoms with Crippen LogP contribution in [0.4, 0.5) is 0 Å². The van der Waals surface area contributed by atoms with Crippen molar-refractivity contribution in [1.29, 1.82) is 0 Å². The number of carbonyl (C=O) groups is 1. The van der Waals surface area contributed by atoms with Crippen molar-refractivity contribution in [2.45, 2.75) is 25.8 Å². The third-order valence-electron chi connectivity index (χ3n) is 4.00. The van der Waals surface area contributed by atoms with Gasteiger partial charge in [-0.1, -0.05) is 19.1 Å². The number of nitrogens with zero attached hydrogens (tertiary/aromatic N) is 1. The van der Waals surface area contributed by atoms with Gasteiger partial charge in [-0.05, 0) is 37.1 Å². The van der Waals surface area contributed by atoms with Crippen molar-refractivity contribution in [3.63, 3.8) is 0 Å². The molecule has 1 amide bonds. The van der Waals surface area contributed by atoms with Gasteiger partial charge in [0.05, 0.1) is 0 Å². The molecule has 4 heteroatoms. The van der Waals surface area contributed by atoms with Crippen LogP contribution in [0.5, 0.6) is 5.75 Å². The van der Waals surface area contributed by atoms with E-state index in [4.69, 9.17) is 0 Å². The third-order valence-corrected chi connectivity index (χ3v) is 4.00. The van der Waals surface area contributed by atoms with E-state index in [0.29, 0.717) is 11.8 Å². The predicted octanol–water partition coefficient (Wildman–Crippen LogP) is 1.69. The van der Waals surface area contributed by atoms with E-state index < -0.39 is 0 Å². The first-order valence-corrected chi connectivity index (χ1v) is 6.77. The van der Waals surface area contributed by atoms with Crippen molar-refractivity contribution in [2.75, 3.05) is 20.6 Å². The second-order valence-electron chi connectivity index (χ2n) is 5.35. The molecular formula is C15H22N2O2. The Labute approximate surface area is 114 Å². The topological polar surface area (TPSA) is 52.6 Å². The van der Waals surface area contributed by atoms with Gasteiger partial charge < -0.3 is 10.4 Å². The Balaban J connectivity index is 2.09. The molecule has 1 aromatic rings. The van der Waals surface area contributed by atoms with Crippen LogP contribution in [0.3, 0.4) is 0 Å². The summed E-state index contributed by atoms with van der Waals surface area (Å²) in [7, 11) is 3.71. The zero-order chi connectivity index (χ0) is 14.0. The van der Waals surface area contributed by atoms with Gasteiger partial charge in [0.1, 0.15) is 5.75 Å². The molecule has 0 heterocycles. The highest BCUT2D eigenvalue weighted by atomic mass is 16.3. The fraction of sp³-hybridized carbons (Fsp3) is 0.533. The van der Waals surface area contributed by atoms with Gasteiger partial charge >= 0.3 is 0 Å². The Morgan fingerprint density at radius 3 is 3.00 bits per heavy atom. The SMILES string of the molecule is CNC(=O)C(C)CN(C)C1CCc2c(O)cccc21. The molecule has 104 valence electrons. The highest BCUT2D eigenvalue weighted by molar-refractivity contribution is 5.78. The van der Waals surface area contributed by atoms with E-state index in [1.54, 1.807) is 13.1 Å². The van der Waals surface area contributed by atoms with Gasteiger partial charge in [0.15, 0.2) is 0 Å². The van der Waals surface area contributed by atoms with E-state index in [2.05, 4.69) is 16.3 Å². The minimum Gasteiger partial charge on any atom is -0.508 e. The summed E-state index contributed by atoms with van der Waals surface area (Å²) in [5.74, 6) is 0.435. The molecule has 2 atom stereocenters. The summed E-state index contributed by atoms with van der Waals surface area (Å²) in [5.41, 5.74) is 2.26. The number of fused-ring (bicyclic) bond motifs is 1. The number of hydrogen-bond acceptors (Lipinski definition) is 3. The first-order chi connectivity index (χ1) is 9.04.